The summed E-state index contributed by atoms with van der Waals surface area (Å²) in [5.41, 5.74) is 2.56. The Morgan fingerprint density at radius 1 is 1.24 bits per heavy atom. The fourth-order valence-corrected chi connectivity index (χ4v) is 2.83. The van der Waals surface area contributed by atoms with Crippen LogP contribution in [0.4, 0.5) is 0 Å². The number of benzene rings is 1. The van der Waals surface area contributed by atoms with Gasteiger partial charge in [-0.2, -0.15) is 0 Å². The Hall–Kier alpha value is -1.26. The molecule has 17 heavy (non-hydrogen) atoms. The third kappa shape index (κ3) is 1.37. The molecule has 3 aliphatic heterocycles. The Kier molecular flexibility index (Phi) is 2.07. The van der Waals surface area contributed by atoms with Crippen LogP contribution in [-0.2, 0) is 11.2 Å². The topological polar surface area (TPSA) is 39.7 Å². The summed E-state index contributed by atoms with van der Waals surface area (Å²) in [6.45, 7) is 2.22. The van der Waals surface area contributed by atoms with Crippen LogP contribution < -0.4 is 14.8 Å². The standard InChI is InChI=1S/C13H15NO3/c1-2-10-13(17-7-16-10)11-8(1)4-6-15-12(11)9-3-5-14-9/h1-2,9,12,14H,3-7H2/t9-,12-/m0/s1. The molecule has 1 N–H and O–H groups in total. The molecule has 1 fully saturated rings. The summed E-state index contributed by atoms with van der Waals surface area (Å²) in [5, 5.41) is 3.43. The summed E-state index contributed by atoms with van der Waals surface area (Å²) < 4.78 is 17.0. The van der Waals surface area contributed by atoms with Crippen molar-refractivity contribution in [1.82, 2.24) is 5.32 Å². The third-order valence-corrected chi connectivity index (χ3v) is 3.85. The minimum atomic E-state index is 0.129. The van der Waals surface area contributed by atoms with E-state index < -0.39 is 0 Å². The largest absolute Gasteiger partial charge is 0.454 e. The smallest absolute Gasteiger partial charge is 0.231 e. The first kappa shape index (κ1) is 9.74. The maximum atomic E-state index is 5.94. The number of fused-ring (bicyclic) bond motifs is 3. The predicted molar refractivity (Wildman–Crippen MR) is 61.4 cm³/mol. The maximum absolute atomic E-state index is 5.94. The summed E-state index contributed by atoms with van der Waals surface area (Å²) >= 11 is 0. The molecule has 0 radical (unpaired) electrons. The first-order valence-electron chi connectivity index (χ1n) is 6.20. The minimum Gasteiger partial charge on any atom is -0.454 e. The molecule has 1 aromatic rings. The molecule has 3 aliphatic rings. The summed E-state index contributed by atoms with van der Waals surface area (Å²) in [5.74, 6) is 1.76. The van der Waals surface area contributed by atoms with Crippen LogP contribution in [0.2, 0.25) is 0 Å². The monoisotopic (exact) mass is 233 g/mol. The Morgan fingerprint density at radius 3 is 3.00 bits per heavy atom. The molecule has 4 nitrogen and oxygen atoms in total. The number of hydrogen-bond donors (Lipinski definition) is 1. The van der Waals surface area contributed by atoms with Gasteiger partial charge in [-0.25, -0.2) is 0 Å². The van der Waals surface area contributed by atoms with E-state index >= 15 is 0 Å². The van der Waals surface area contributed by atoms with E-state index in [2.05, 4.69) is 11.4 Å². The van der Waals surface area contributed by atoms with Gasteiger partial charge in [-0.3, -0.25) is 0 Å². The molecule has 4 rings (SSSR count). The Bertz CT molecular complexity index is 456. The van der Waals surface area contributed by atoms with Crippen molar-refractivity contribution < 1.29 is 14.2 Å². The first-order valence-corrected chi connectivity index (χ1v) is 6.20. The molecule has 4 heteroatoms. The van der Waals surface area contributed by atoms with E-state index in [1.165, 1.54) is 17.5 Å². The van der Waals surface area contributed by atoms with Gasteiger partial charge in [0, 0.05) is 11.6 Å². The molecule has 3 heterocycles. The second-order valence-electron chi connectivity index (χ2n) is 4.76. The lowest BCUT2D eigenvalue weighted by Gasteiger charge is -2.38. The fraction of sp³-hybridized carbons (Fsp3) is 0.538. The molecule has 1 saturated heterocycles. The van der Waals surface area contributed by atoms with Gasteiger partial charge in [0.2, 0.25) is 6.79 Å². The summed E-state index contributed by atoms with van der Waals surface area (Å²) in [4.78, 5) is 0. The van der Waals surface area contributed by atoms with Gasteiger partial charge in [-0.05, 0) is 31.0 Å². The minimum absolute atomic E-state index is 0.129. The highest BCUT2D eigenvalue weighted by Crippen LogP contribution is 2.45. The van der Waals surface area contributed by atoms with E-state index in [4.69, 9.17) is 14.2 Å². The van der Waals surface area contributed by atoms with Gasteiger partial charge in [-0.15, -0.1) is 0 Å². The summed E-state index contributed by atoms with van der Waals surface area (Å²) in [6, 6.07) is 4.60. The lowest BCUT2D eigenvalue weighted by Crippen LogP contribution is -2.48. The van der Waals surface area contributed by atoms with Crippen LogP contribution >= 0.6 is 0 Å². The molecule has 1 aromatic carbocycles. The predicted octanol–water partition coefficient (Wildman–Crippen LogP) is 1.39. The van der Waals surface area contributed by atoms with E-state index in [0.717, 1.165) is 31.1 Å². The molecule has 0 saturated carbocycles. The number of hydrogen-bond acceptors (Lipinski definition) is 4. The van der Waals surface area contributed by atoms with Crippen LogP contribution in [0.5, 0.6) is 11.5 Å². The van der Waals surface area contributed by atoms with E-state index in [9.17, 15) is 0 Å². The molecule has 2 atom stereocenters. The van der Waals surface area contributed by atoms with Crippen LogP contribution in [0.3, 0.4) is 0 Å². The number of rotatable bonds is 1. The highest BCUT2D eigenvalue weighted by molar-refractivity contribution is 5.54. The average molecular weight is 233 g/mol. The van der Waals surface area contributed by atoms with E-state index in [1.54, 1.807) is 0 Å². The zero-order valence-electron chi connectivity index (χ0n) is 9.57. The molecule has 0 bridgehead atoms. The number of nitrogens with one attached hydrogen (secondary N) is 1. The molecular weight excluding hydrogens is 218 g/mol. The van der Waals surface area contributed by atoms with Crippen molar-refractivity contribution in [2.24, 2.45) is 0 Å². The second kappa shape index (κ2) is 3.62. The zero-order valence-corrected chi connectivity index (χ0v) is 9.57. The van der Waals surface area contributed by atoms with Gasteiger partial charge in [0.25, 0.3) is 0 Å². The highest BCUT2D eigenvalue weighted by Gasteiger charge is 2.37. The fourth-order valence-electron chi connectivity index (χ4n) is 2.83. The van der Waals surface area contributed by atoms with Crippen LogP contribution in [0.15, 0.2) is 12.1 Å². The van der Waals surface area contributed by atoms with Crippen LogP contribution in [-0.4, -0.2) is 26.0 Å². The van der Waals surface area contributed by atoms with Crippen LogP contribution in [0.25, 0.3) is 0 Å². The van der Waals surface area contributed by atoms with Crippen molar-refractivity contribution in [3.8, 4) is 11.5 Å². The maximum Gasteiger partial charge on any atom is 0.231 e. The second-order valence-corrected chi connectivity index (χ2v) is 4.76. The van der Waals surface area contributed by atoms with Crippen LogP contribution in [0.1, 0.15) is 23.7 Å². The van der Waals surface area contributed by atoms with Gasteiger partial charge < -0.3 is 19.5 Å². The van der Waals surface area contributed by atoms with Gasteiger partial charge in [-0.1, -0.05) is 6.07 Å². The van der Waals surface area contributed by atoms with Gasteiger partial charge >= 0.3 is 0 Å². The molecule has 0 amide bonds. The Labute approximate surface area is 99.9 Å². The average Bonchev–Trinajstić information content (AvgIpc) is 2.74. The molecule has 0 aliphatic carbocycles. The lowest BCUT2D eigenvalue weighted by molar-refractivity contribution is -0.00320. The van der Waals surface area contributed by atoms with Crippen molar-refractivity contribution in [1.29, 1.82) is 0 Å². The van der Waals surface area contributed by atoms with E-state index in [1.807, 2.05) is 6.07 Å². The van der Waals surface area contributed by atoms with Crippen molar-refractivity contribution in [2.75, 3.05) is 19.9 Å². The lowest BCUT2D eigenvalue weighted by atomic mass is 9.88. The molecular formula is C13H15NO3. The highest BCUT2D eigenvalue weighted by atomic mass is 16.7. The Morgan fingerprint density at radius 2 is 2.18 bits per heavy atom. The van der Waals surface area contributed by atoms with Crippen LogP contribution in [0, 0.1) is 0 Å². The Balaban J connectivity index is 1.82. The van der Waals surface area contributed by atoms with Gasteiger partial charge in [0.15, 0.2) is 11.5 Å². The molecule has 90 valence electrons. The zero-order chi connectivity index (χ0) is 11.2. The summed E-state index contributed by atoms with van der Waals surface area (Å²) in [6.07, 6.45) is 2.27. The van der Waals surface area contributed by atoms with Gasteiger partial charge in [0.1, 0.15) is 6.10 Å². The normalized spacial score (nSPS) is 29.6. The van der Waals surface area contributed by atoms with E-state index in [0.29, 0.717) is 12.8 Å². The first-order chi connectivity index (χ1) is 8.43. The summed E-state index contributed by atoms with van der Waals surface area (Å²) in [7, 11) is 0. The molecule has 0 aromatic heterocycles. The molecule has 0 unspecified atom stereocenters. The number of ether oxygens (including phenoxy) is 3. The quantitative estimate of drug-likeness (QED) is 0.795. The third-order valence-electron chi connectivity index (χ3n) is 3.85. The van der Waals surface area contributed by atoms with Crippen molar-refractivity contribution in [3.05, 3.63) is 23.3 Å². The van der Waals surface area contributed by atoms with Crippen molar-refractivity contribution in [2.45, 2.75) is 25.0 Å². The molecule has 0 spiro atoms. The van der Waals surface area contributed by atoms with Crippen molar-refractivity contribution in [3.63, 3.8) is 0 Å². The van der Waals surface area contributed by atoms with Crippen molar-refractivity contribution >= 4 is 0 Å². The van der Waals surface area contributed by atoms with Gasteiger partial charge in [0.05, 0.1) is 6.61 Å². The SMILES string of the molecule is c1cc2c(c3c1CCO[C@H]3[C@@H]1CCN1)OCO2. The van der Waals surface area contributed by atoms with E-state index in [-0.39, 0.29) is 6.10 Å².